The molecule has 1 aliphatic rings. The highest BCUT2D eigenvalue weighted by molar-refractivity contribution is 5.85. The van der Waals surface area contributed by atoms with Crippen molar-refractivity contribution in [1.82, 2.24) is 0 Å². The van der Waals surface area contributed by atoms with Crippen LogP contribution >= 0.6 is 0 Å². The predicted molar refractivity (Wildman–Crippen MR) is 107 cm³/mol. The van der Waals surface area contributed by atoms with Crippen LogP contribution < -0.4 is 4.74 Å². The SMILES string of the molecule is COc1ccc(C(C)(C)C)cc1C1(c2ccc(/C=C/C(=O)O)cc2)OCCO1. The maximum Gasteiger partial charge on any atom is 0.328 e. The summed E-state index contributed by atoms with van der Waals surface area (Å²) in [6.07, 6.45) is 2.67. The van der Waals surface area contributed by atoms with Crippen LogP contribution in [-0.4, -0.2) is 31.4 Å². The Kier molecular flexibility index (Phi) is 5.59. The van der Waals surface area contributed by atoms with Gasteiger partial charge in [-0.3, -0.25) is 0 Å². The van der Waals surface area contributed by atoms with E-state index in [0.717, 1.165) is 28.3 Å². The fourth-order valence-corrected chi connectivity index (χ4v) is 3.30. The maximum atomic E-state index is 10.7. The van der Waals surface area contributed by atoms with Crippen molar-refractivity contribution in [3.05, 3.63) is 70.8 Å². The third-order valence-corrected chi connectivity index (χ3v) is 4.82. The van der Waals surface area contributed by atoms with Crippen molar-refractivity contribution in [2.45, 2.75) is 32.0 Å². The molecule has 0 amide bonds. The molecule has 5 heteroatoms. The number of methoxy groups -OCH3 is 1. The standard InChI is InChI=1S/C23H26O5/c1-22(2,3)18-10-11-20(26-4)19(15-18)23(27-13-14-28-23)17-8-5-16(6-9-17)7-12-21(24)25/h5-12,15H,13-14H2,1-4H3,(H,24,25)/b12-7+. The van der Waals surface area contributed by atoms with Crippen LogP contribution in [-0.2, 0) is 25.5 Å². The topological polar surface area (TPSA) is 65.0 Å². The van der Waals surface area contributed by atoms with E-state index >= 15 is 0 Å². The molecular formula is C23H26O5. The smallest absolute Gasteiger partial charge is 0.328 e. The Labute approximate surface area is 165 Å². The fraction of sp³-hybridized carbons (Fsp3) is 0.348. The van der Waals surface area contributed by atoms with E-state index in [0.29, 0.717) is 19.0 Å². The van der Waals surface area contributed by atoms with Crippen LogP contribution in [0.25, 0.3) is 6.08 Å². The predicted octanol–water partition coefficient (Wildman–Crippen LogP) is 4.34. The van der Waals surface area contributed by atoms with Crippen LogP contribution in [0.4, 0.5) is 0 Å². The molecule has 0 aliphatic carbocycles. The maximum absolute atomic E-state index is 10.7. The summed E-state index contributed by atoms with van der Waals surface area (Å²) in [5.41, 5.74) is 3.57. The van der Waals surface area contributed by atoms with Crippen LogP contribution in [0.15, 0.2) is 48.5 Å². The van der Waals surface area contributed by atoms with E-state index in [1.165, 1.54) is 0 Å². The molecule has 1 N–H and O–H groups in total. The molecule has 3 rings (SSSR count). The van der Waals surface area contributed by atoms with E-state index in [1.54, 1.807) is 13.2 Å². The molecule has 28 heavy (non-hydrogen) atoms. The second-order valence-corrected chi connectivity index (χ2v) is 7.77. The third-order valence-electron chi connectivity index (χ3n) is 4.82. The molecule has 5 nitrogen and oxygen atoms in total. The molecule has 148 valence electrons. The van der Waals surface area contributed by atoms with E-state index in [2.05, 4.69) is 32.9 Å². The van der Waals surface area contributed by atoms with Crippen molar-refractivity contribution in [2.24, 2.45) is 0 Å². The molecule has 1 saturated heterocycles. The van der Waals surface area contributed by atoms with Crippen LogP contribution in [0.3, 0.4) is 0 Å². The Morgan fingerprint density at radius 1 is 1.11 bits per heavy atom. The molecule has 0 atom stereocenters. The van der Waals surface area contributed by atoms with Gasteiger partial charge in [0, 0.05) is 11.6 Å². The van der Waals surface area contributed by atoms with E-state index in [9.17, 15) is 4.79 Å². The minimum Gasteiger partial charge on any atom is -0.496 e. The number of aliphatic carboxylic acids is 1. The quantitative estimate of drug-likeness (QED) is 0.780. The zero-order valence-corrected chi connectivity index (χ0v) is 16.7. The molecule has 0 aromatic heterocycles. The van der Waals surface area contributed by atoms with Crippen molar-refractivity contribution in [1.29, 1.82) is 0 Å². The molecule has 1 fully saturated rings. The Morgan fingerprint density at radius 3 is 2.29 bits per heavy atom. The van der Waals surface area contributed by atoms with Gasteiger partial charge in [0.1, 0.15) is 5.75 Å². The monoisotopic (exact) mass is 382 g/mol. The highest BCUT2D eigenvalue weighted by Gasteiger charge is 2.43. The van der Waals surface area contributed by atoms with Crippen molar-refractivity contribution >= 4 is 12.0 Å². The molecule has 1 aliphatic heterocycles. The van der Waals surface area contributed by atoms with Crippen LogP contribution in [0.1, 0.15) is 43.0 Å². The number of carbonyl (C=O) groups is 1. The summed E-state index contributed by atoms with van der Waals surface area (Å²) >= 11 is 0. The van der Waals surface area contributed by atoms with Gasteiger partial charge in [0.05, 0.1) is 25.9 Å². The lowest BCUT2D eigenvalue weighted by Gasteiger charge is -2.31. The Hall–Kier alpha value is -2.63. The molecule has 0 bridgehead atoms. The largest absolute Gasteiger partial charge is 0.496 e. The number of carboxylic acids is 1. The first kappa shape index (κ1) is 20.1. The van der Waals surface area contributed by atoms with Crippen molar-refractivity contribution in [3.63, 3.8) is 0 Å². The first-order chi connectivity index (χ1) is 13.3. The zero-order chi connectivity index (χ0) is 20.4. The zero-order valence-electron chi connectivity index (χ0n) is 16.7. The van der Waals surface area contributed by atoms with Crippen LogP contribution in [0.5, 0.6) is 5.75 Å². The van der Waals surface area contributed by atoms with Crippen LogP contribution in [0.2, 0.25) is 0 Å². The van der Waals surface area contributed by atoms with Gasteiger partial charge < -0.3 is 19.3 Å². The number of hydrogen-bond acceptors (Lipinski definition) is 4. The van der Waals surface area contributed by atoms with Gasteiger partial charge in [-0.05, 0) is 34.8 Å². The van der Waals surface area contributed by atoms with E-state index in [4.69, 9.17) is 19.3 Å². The van der Waals surface area contributed by atoms with Gasteiger partial charge in [-0.2, -0.15) is 0 Å². The molecule has 0 unspecified atom stereocenters. The summed E-state index contributed by atoms with van der Waals surface area (Å²) in [4.78, 5) is 10.7. The lowest BCUT2D eigenvalue weighted by Crippen LogP contribution is -2.30. The second-order valence-electron chi connectivity index (χ2n) is 7.77. The molecule has 2 aromatic rings. The summed E-state index contributed by atoms with van der Waals surface area (Å²) in [7, 11) is 1.64. The van der Waals surface area contributed by atoms with Crippen molar-refractivity contribution in [2.75, 3.05) is 20.3 Å². The molecule has 0 saturated carbocycles. The lowest BCUT2D eigenvalue weighted by molar-refractivity contribution is -0.131. The molecule has 2 aromatic carbocycles. The summed E-state index contributed by atoms with van der Waals surface area (Å²) in [5, 5.41) is 8.80. The number of benzene rings is 2. The average molecular weight is 382 g/mol. The summed E-state index contributed by atoms with van der Waals surface area (Å²) in [5.74, 6) is -1.33. The van der Waals surface area contributed by atoms with E-state index in [1.807, 2.05) is 30.3 Å². The fourth-order valence-electron chi connectivity index (χ4n) is 3.30. The molecule has 0 spiro atoms. The first-order valence-corrected chi connectivity index (χ1v) is 9.25. The number of ether oxygens (including phenoxy) is 3. The normalized spacial score (nSPS) is 16.4. The highest BCUT2D eigenvalue weighted by Crippen LogP contribution is 2.44. The molecule has 1 heterocycles. The number of rotatable bonds is 5. The van der Waals surface area contributed by atoms with Gasteiger partial charge in [-0.25, -0.2) is 4.79 Å². The van der Waals surface area contributed by atoms with Gasteiger partial charge in [0.2, 0.25) is 5.79 Å². The van der Waals surface area contributed by atoms with Gasteiger partial charge in [-0.15, -0.1) is 0 Å². The van der Waals surface area contributed by atoms with Gasteiger partial charge in [0.25, 0.3) is 0 Å². The summed E-state index contributed by atoms with van der Waals surface area (Å²) in [6, 6.07) is 13.6. The number of carboxylic acid groups (broad SMARTS) is 1. The summed E-state index contributed by atoms with van der Waals surface area (Å²) in [6.45, 7) is 7.43. The van der Waals surface area contributed by atoms with E-state index < -0.39 is 11.8 Å². The minimum atomic E-state index is -1.05. The molecular weight excluding hydrogens is 356 g/mol. The van der Waals surface area contributed by atoms with Gasteiger partial charge >= 0.3 is 5.97 Å². The van der Waals surface area contributed by atoms with Crippen molar-refractivity contribution < 1.29 is 24.1 Å². The van der Waals surface area contributed by atoms with Gasteiger partial charge in [0.15, 0.2) is 0 Å². The summed E-state index contributed by atoms with van der Waals surface area (Å²) < 4.78 is 17.9. The minimum absolute atomic E-state index is 0.0354. The average Bonchev–Trinajstić information content (AvgIpc) is 3.16. The Balaban J connectivity index is 2.09. The van der Waals surface area contributed by atoms with Gasteiger partial charge in [-0.1, -0.05) is 51.1 Å². The third kappa shape index (κ3) is 3.96. The second kappa shape index (κ2) is 7.78. The lowest BCUT2D eigenvalue weighted by atomic mass is 9.84. The first-order valence-electron chi connectivity index (χ1n) is 9.25. The van der Waals surface area contributed by atoms with Crippen molar-refractivity contribution in [3.8, 4) is 5.75 Å². The van der Waals surface area contributed by atoms with E-state index in [-0.39, 0.29) is 5.41 Å². The number of hydrogen-bond donors (Lipinski definition) is 1. The van der Waals surface area contributed by atoms with Crippen LogP contribution in [0, 0.1) is 0 Å². The highest BCUT2D eigenvalue weighted by atomic mass is 16.7. The Morgan fingerprint density at radius 2 is 1.75 bits per heavy atom. The Bertz CT molecular complexity index is 869. The molecule has 0 radical (unpaired) electrons.